The maximum Gasteiger partial charge on any atom is 0.263 e. The average Bonchev–Trinajstić information content (AvgIpc) is 3.15. The molecule has 0 aliphatic rings. The minimum absolute atomic E-state index is 0.0172. The van der Waals surface area contributed by atoms with Crippen LogP contribution >= 0.6 is 15.9 Å². The molecule has 0 fully saturated rings. The van der Waals surface area contributed by atoms with Gasteiger partial charge in [-0.2, -0.15) is 5.10 Å². The Labute approximate surface area is 159 Å². The van der Waals surface area contributed by atoms with Gasteiger partial charge in [0.1, 0.15) is 17.6 Å². The van der Waals surface area contributed by atoms with Crippen LogP contribution in [0.15, 0.2) is 58.4 Å². The first-order chi connectivity index (χ1) is 12.5. The van der Waals surface area contributed by atoms with Gasteiger partial charge in [-0.25, -0.2) is 18.1 Å². The zero-order valence-corrected chi connectivity index (χ0v) is 16.3. The number of methoxy groups -OCH3 is 2. The predicted molar refractivity (Wildman–Crippen MR) is 99.4 cm³/mol. The summed E-state index contributed by atoms with van der Waals surface area (Å²) in [6.45, 7) is 0. The molecule has 10 heteroatoms. The molecule has 3 aromatic rings. The fourth-order valence-electron chi connectivity index (χ4n) is 2.33. The van der Waals surface area contributed by atoms with Crippen LogP contribution in [0, 0.1) is 0 Å². The van der Waals surface area contributed by atoms with E-state index in [4.69, 9.17) is 9.47 Å². The van der Waals surface area contributed by atoms with E-state index < -0.39 is 10.0 Å². The number of para-hydroxylation sites is 2. The van der Waals surface area contributed by atoms with E-state index >= 15 is 0 Å². The van der Waals surface area contributed by atoms with Crippen LogP contribution in [0.5, 0.6) is 11.5 Å². The number of ether oxygens (including phenoxy) is 2. The van der Waals surface area contributed by atoms with Gasteiger partial charge in [-0.05, 0) is 34.1 Å². The summed E-state index contributed by atoms with van der Waals surface area (Å²) in [5.74, 6) is 0.724. The van der Waals surface area contributed by atoms with Gasteiger partial charge < -0.3 is 9.47 Å². The quantitative estimate of drug-likeness (QED) is 0.635. The number of hydrogen-bond donors (Lipinski definition) is 1. The number of hydrogen-bond acceptors (Lipinski definition) is 6. The third-order valence-electron chi connectivity index (χ3n) is 3.54. The first-order valence-electron chi connectivity index (χ1n) is 7.34. The van der Waals surface area contributed by atoms with Gasteiger partial charge in [0.25, 0.3) is 10.0 Å². The molecule has 0 saturated heterocycles. The molecule has 8 nitrogen and oxygen atoms in total. The maximum atomic E-state index is 12.9. The molecule has 1 heterocycles. The van der Waals surface area contributed by atoms with Crippen LogP contribution in [0.3, 0.4) is 0 Å². The Bertz CT molecular complexity index is 1020. The Hall–Kier alpha value is -2.59. The minimum Gasteiger partial charge on any atom is -0.493 e. The smallest absolute Gasteiger partial charge is 0.263 e. The molecule has 0 unspecified atom stereocenters. The van der Waals surface area contributed by atoms with Gasteiger partial charge >= 0.3 is 0 Å². The largest absolute Gasteiger partial charge is 0.493 e. The second kappa shape index (κ2) is 7.34. The monoisotopic (exact) mass is 438 g/mol. The van der Waals surface area contributed by atoms with Crippen LogP contribution < -0.4 is 14.2 Å². The number of nitrogens with one attached hydrogen (secondary N) is 1. The molecule has 0 aliphatic carbocycles. The second-order valence-electron chi connectivity index (χ2n) is 5.10. The van der Waals surface area contributed by atoms with Gasteiger partial charge in [-0.3, -0.25) is 4.72 Å². The zero-order valence-electron chi connectivity index (χ0n) is 13.9. The molecule has 0 aliphatic heterocycles. The Morgan fingerprint density at radius 1 is 1.12 bits per heavy atom. The van der Waals surface area contributed by atoms with Gasteiger partial charge in [-0.1, -0.05) is 12.1 Å². The lowest BCUT2D eigenvalue weighted by molar-refractivity contribution is 0.353. The summed E-state index contributed by atoms with van der Waals surface area (Å²) in [4.78, 5) is 3.90. The molecule has 0 spiro atoms. The van der Waals surface area contributed by atoms with E-state index in [1.54, 1.807) is 24.3 Å². The van der Waals surface area contributed by atoms with E-state index in [1.165, 1.54) is 43.7 Å². The molecule has 0 radical (unpaired) electrons. The van der Waals surface area contributed by atoms with E-state index in [9.17, 15) is 8.42 Å². The molecule has 26 heavy (non-hydrogen) atoms. The molecule has 136 valence electrons. The van der Waals surface area contributed by atoms with Crippen LogP contribution in [0.2, 0.25) is 0 Å². The number of rotatable bonds is 6. The topological polar surface area (TPSA) is 95.3 Å². The molecule has 3 rings (SSSR count). The van der Waals surface area contributed by atoms with Crippen molar-refractivity contribution in [2.24, 2.45) is 0 Å². The molecule has 2 aromatic carbocycles. The van der Waals surface area contributed by atoms with Crippen molar-refractivity contribution in [3.05, 3.63) is 53.5 Å². The molecular weight excluding hydrogens is 424 g/mol. The lowest BCUT2D eigenvalue weighted by Crippen LogP contribution is -2.15. The Balaban J connectivity index is 2.04. The van der Waals surface area contributed by atoms with Crippen molar-refractivity contribution >= 4 is 31.6 Å². The van der Waals surface area contributed by atoms with E-state index in [0.29, 0.717) is 27.3 Å². The van der Waals surface area contributed by atoms with Gasteiger partial charge in [0.2, 0.25) is 0 Å². The first kappa shape index (κ1) is 18.2. The van der Waals surface area contributed by atoms with Crippen molar-refractivity contribution in [3.8, 4) is 17.2 Å². The minimum atomic E-state index is -3.91. The highest BCUT2D eigenvalue weighted by Gasteiger charge is 2.22. The number of nitrogens with zero attached hydrogens (tertiary/aromatic N) is 3. The summed E-state index contributed by atoms with van der Waals surface area (Å²) in [5, 5.41) is 4.04. The Kier molecular flexibility index (Phi) is 5.14. The number of sulfonamides is 1. The summed E-state index contributed by atoms with van der Waals surface area (Å²) in [6.07, 6.45) is 2.86. The zero-order chi connectivity index (χ0) is 18.7. The highest BCUT2D eigenvalue weighted by molar-refractivity contribution is 9.10. The van der Waals surface area contributed by atoms with Crippen molar-refractivity contribution in [1.82, 2.24) is 14.8 Å². The predicted octanol–water partition coefficient (Wildman–Crippen LogP) is 2.85. The van der Waals surface area contributed by atoms with E-state index in [0.717, 1.165) is 0 Å². The van der Waals surface area contributed by atoms with E-state index in [-0.39, 0.29) is 4.90 Å². The summed E-state index contributed by atoms with van der Waals surface area (Å²) in [7, 11) is -0.992. The summed E-state index contributed by atoms with van der Waals surface area (Å²) < 4.78 is 40.6. The summed E-state index contributed by atoms with van der Waals surface area (Å²) in [5.41, 5.74) is 0.907. The number of halogens is 1. The van der Waals surface area contributed by atoms with E-state index in [1.807, 2.05) is 0 Å². The number of aromatic nitrogens is 3. The molecule has 1 aromatic heterocycles. The number of anilines is 1. The van der Waals surface area contributed by atoms with Crippen LogP contribution in [-0.2, 0) is 10.0 Å². The third-order valence-corrected chi connectivity index (χ3v) is 5.87. The van der Waals surface area contributed by atoms with Gasteiger partial charge in [0.05, 0.1) is 25.6 Å². The number of benzene rings is 2. The lowest BCUT2D eigenvalue weighted by Gasteiger charge is -2.15. The van der Waals surface area contributed by atoms with Crippen LogP contribution in [0.25, 0.3) is 5.69 Å². The Morgan fingerprint density at radius 2 is 1.81 bits per heavy atom. The van der Waals surface area contributed by atoms with Crippen molar-refractivity contribution in [1.29, 1.82) is 0 Å². The van der Waals surface area contributed by atoms with Crippen molar-refractivity contribution in [2.45, 2.75) is 4.90 Å². The van der Waals surface area contributed by atoms with E-state index in [2.05, 4.69) is 30.7 Å². The molecule has 0 saturated carbocycles. The first-order valence-corrected chi connectivity index (χ1v) is 9.62. The highest BCUT2D eigenvalue weighted by atomic mass is 79.9. The van der Waals surface area contributed by atoms with Gasteiger partial charge in [0, 0.05) is 10.5 Å². The molecule has 1 N–H and O–H groups in total. The SMILES string of the molecule is COc1cc(Br)c(S(=O)(=O)Nc2ccccc2-n2cncn2)cc1OC. The van der Waals surface area contributed by atoms with Crippen LogP contribution in [0.4, 0.5) is 5.69 Å². The summed E-state index contributed by atoms with van der Waals surface area (Å²) >= 11 is 3.28. The van der Waals surface area contributed by atoms with Crippen molar-refractivity contribution in [2.75, 3.05) is 18.9 Å². The molecule has 0 amide bonds. The standard InChI is InChI=1S/C16H15BrN4O4S/c1-24-14-7-11(17)16(8-15(14)25-2)26(22,23)20-12-5-3-4-6-13(12)21-10-18-9-19-21/h3-10,20H,1-2H3. The van der Waals surface area contributed by atoms with Crippen molar-refractivity contribution in [3.63, 3.8) is 0 Å². The average molecular weight is 439 g/mol. The molecular formula is C16H15BrN4O4S. The fourth-order valence-corrected chi connectivity index (χ4v) is 4.45. The molecule has 0 atom stereocenters. The van der Waals surface area contributed by atoms with Crippen LogP contribution in [-0.4, -0.2) is 37.4 Å². The van der Waals surface area contributed by atoms with Gasteiger partial charge in [-0.15, -0.1) is 0 Å². The Morgan fingerprint density at radius 3 is 2.46 bits per heavy atom. The normalized spacial score (nSPS) is 11.2. The second-order valence-corrected chi connectivity index (χ2v) is 7.61. The maximum absolute atomic E-state index is 12.9. The fraction of sp³-hybridized carbons (Fsp3) is 0.125. The summed E-state index contributed by atoms with van der Waals surface area (Å²) in [6, 6.07) is 9.81. The van der Waals surface area contributed by atoms with Crippen LogP contribution in [0.1, 0.15) is 0 Å². The van der Waals surface area contributed by atoms with Gasteiger partial charge in [0.15, 0.2) is 11.5 Å². The molecule has 0 bridgehead atoms. The highest BCUT2D eigenvalue weighted by Crippen LogP contribution is 2.36. The lowest BCUT2D eigenvalue weighted by atomic mass is 10.3. The third kappa shape index (κ3) is 3.51. The van der Waals surface area contributed by atoms with Crippen molar-refractivity contribution < 1.29 is 17.9 Å².